The molecular weight excluding hydrogens is 324 g/mol. The molecule has 2 rings (SSSR count). The van der Waals surface area contributed by atoms with E-state index in [0.717, 1.165) is 12.8 Å². The Bertz CT molecular complexity index is 682. The van der Waals surface area contributed by atoms with E-state index in [9.17, 15) is 4.79 Å². The van der Waals surface area contributed by atoms with Crippen molar-refractivity contribution in [2.45, 2.75) is 46.5 Å². The standard InChI is InChI=1S/C19H25ClN2O2/c1-4-6-9-14(5-2)12-21-19(23)17-13(3)24-22-18(17)15-10-7-8-11-16(15)20/h7-8,10-11,14H,4-6,9,12H2,1-3H3,(H,21,23)/t14-/m1/s1. The fourth-order valence-electron chi connectivity index (χ4n) is 2.75. The first kappa shape index (κ1) is 18.5. The maximum atomic E-state index is 12.7. The van der Waals surface area contributed by atoms with Crippen LogP contribution in [0, 0.1) is 12.8 Å². The highest BCUT2D eigenvalue weighted by molar-refractivity contribution is 6.33. The highest BCUT2D eigenvalue weighted by Gasteiger charge is 2.23. The highest BCUT2D eigenvalue weighted by atomic mass is 35.5. The number of nitrogens with zero attached hydrogens (tertiary/aromatic N) is 1. The molecule has 1 atom stereocenters. The van der Waals surface area contributed by atoms with Crippen LogP contribution in [0.4, 0.5) is 0 Å². The van der Waals surface area contributed by atoms with Crippen LogP contribution in [0.5, 0.6) is 0 Å². The van der Waals surface area contributed by atoms with Gasteiger partial charge in [0, 0.05) is 12.1 Å². The third-order valence-corrected chi connectivity index (χ3v) is 4.64. The number of aromatic nitrogens is 1. The first-order valence-electron chi connectivity index (χ1n) is 8.57. The van der Waals surface area contributed by atoms with Crippen molar-refractivity contribution in [2.75, 3.05) is 6.54 Å². The summed E-state index contributed by atoms with van der Waals surface area (Å²) in [6.45, 7) is 6.76. The Balaban J connectivity index is 2.16. The van der Waals surface area contributed by atoms with Crippen LogP contribution in [0.3, 0.4) is 0 Å². The fraction of sp³-hybridized carbons (Fsp3) is 0.474. The molecular formula is C19H25ClN2O2. The van der Waals surface area contributed by atoms with Gasteiger partial charge in [0.15, 0.2) is 0 Å². The number of amides is 1. The minimum Gasteiger partial charge on any atom is -0.360 e. The molecule has 1 amide bonds. The Hall–Kier alpha value is -1.81. The molecule has 130 valence electrons. The second-order valence-electron chi connectivity index (χ2n) is 6.07. The number of aryl methyl sites for hydroxylation is 1. The van der Waals surface area contributed by atoms with Gasteiger partial charge < -0.3 is 9.84 Å². The number of carbonyl (C=O) groups excluding carboxylic acids is 1. The van der Waals surface area contributed by atoms with E-state index in [1.165, 1.54) is 12.8 Å². The quantitative estimate of drug-likeness (QED) is 0.708. The van der Waals surface area contributed by atoms with Crippen molar-refractivity contribution >= 4 is 17.5 Å². The van der Waals surface area contributed by atoms with Crippen LogP contribution in [0.15, 0.2) is 28.8 Å². The number of hydrogen-bond donors (Lipinski definition) is 1. The molecule has 0 aliphatic heterocycles. The van der Waals surface area contributed by atoms with E-state index in [1.54, 1.807) is 13.0 Å². The number of nitrogens with one attached hydrogen (secondary N) is 1. The van der Waals surface area contributed by atoms with Gasteiger partial charge in [0.1, 0.15) is 17.0 Å². The lowest BCUT2D eigenvalue weighted by molar-refractivity contribution is 0.0945. The summed E-state index contributed by atoms with van der Waals surface area (Å²) in [5.41, 5.74) is 1.67. The normalized spacial score (nSPS) is 12.2. The van der Waals surface area contributed by atoms with E-state index in [0.29, 0.717) is 40.1 Å². The molecule has 0 saturated carbocycles. The molecule has 0 unspecified atom stereocenters. The Morgan fingerprint density at radius 1 is 1.33 bits per heavy atom. The molecule has 0 saturated heterocycles. The Morgan fingerprint density at radius 3 is 2.75 bits per heavy atom. The third kappa shape index (κ3) is 4.38. The van der Waals surface area contributed by atoms with Gasteiger partial charge in [-0.3, -0.25) is 4.79 Å². The lowest BCUT2D eigenvalue weighted by Crippen LogP contribution is -2.29. The van der Waals surface area contributed by atoms with E-state index in [-0.39, 0.29) is 5.91 Å². The lowest BCUT2D eigenvalue weighted by atomic mass is 9.99. The Kier molecular flexibility index (Phi) is 6.85. The van der Waals surface area contributed by atoms with Crippen LogP contribution in [0.25, 0.3) is 11.3 Å². The van der Waals surface area contributed by atoms with E-state index in [2.05, 4.69) is 24.3 Å². The molecule has 0 spiro atoms. The zero-order chi connectivity index (χ0) is 17.5. The summed E-state index contributed by atoms with van der Waals surface area (Å²) >= 11 is 6.24. The van der Waals surface area contributed by atoms with Crippen molar-refractivity contribution in [3.05, 3.63) is 40.6 Å². The number of halogens is 1. The molecule has 0 aliphatic carbocycles. The maximum Gasteiger partial charge on any atom is 0.257 e. The van der Waals surface area contributed by atoms with Crippen molar-refractivity contribution in [2.24, 2.45) is 5.92 Å². The van der Waals surface area contributed by atoms with Crippen LogP contribution in [-0.2, 0) is 0 Å². The molecule has 0 fully saturated rings. The van der Waals surface area contributed by atoms with Gasteiger partial charge in [-0.05, 0) is 25.3 Å². The largest absolute Gasteiger partial charge is 0.360 e. The van der Waals surface area contributed by atoms with Gasteiger partial charge in [-0.1, -0.05) is 68.1 Å². The van der Waals surface area contributed by atoms with Gasteiger partial charge in [0.2, 0.25) is 0 Å². The van der Waals surface area contributed by atoms with Crippen molar-refractivity contribution in [3.63, 3.8) is 0 Å². The van der Waals surface area contributed by atoms with Crippen molar-refractivity contribution in [1.82, 2.24) is 10.5 Å². The van der Waals surface area contributed by atoms with Crippen LogP contribution in [0.1, 0.15) is 55.6 Å². The number of benzene rings is 1. The van der Waals surface area contributed by atoms with Crippen molar-refractivity contribution in [1.29, 1.82) is 0 Å². The van der Waals surface area contributed by atoms with Crippen LogP contribution in [-0.4, -0.2) is 17.6 Å². The number of hydrogen-bond acceptors (Lipinski definition) is 3. The highest BCUT2D eigenvalue weighted by Crippen LogP contribution is 2.30. The molecule has 0 bridgehead atoms. The van der Waals surface area contributed by atoms with E-state index in [4.69, 9.17) is 16.1 Å². The lowest BCUT2D eigenvalue weighted by Gasteiger charge is -2.15. The van der Waals surface area contributed by atoms with Crippen LogP contribution in [0.2, 0.25) is 5.02 Å². The molecule has 0 radical (unpaired) electrons. The molecule has 1 heterocycles. The van der Waals surface area contributed by atoms with Gasteiger partial charge in [0.25, 0.3) is 5.91 Å². The minimum atomic E-state index is -0.154. The second kappa shape index (κ2) is 8.88. The van der Waals surface area contributed by atoms with E-state index < -0.39 is 0 Å². The summed E-state index contributed by atoms with van der Waals surface area (Å²) in [4.78, 5) is 12.7. The summed E-state index contributed by atoms with van der Waals surface area (Å²) in [7, 11) is 0. The fourth-order valence-corrected chi connectivity index (χ4v) is 2.97. The van der Waals surface area contributed by atoms with Crippen molar-refractivity contribution in [3.8, 4) is 11.3 Å². The zero-order valence-corrected chi connectivity index (χ0v) is 15.3. The first-order valence-corrected chi connectivity index (χ1v) is 8.95. The van der Waals surface area contributed by atoms with E-state index in [1.807, 2.05) is 18.2 Å². The van der Waals surface area contributed by atoms with Crippen LogP contribution >= 0.6 is 11.6 Å². The summed E-state index contributed by atoms with van der Waals surface area (Å²) in [6, 6.07) is 7.33. The van der Waals surface area contributed by atoms with Gasteiger partial charge in [-0.25, -0.2) is 0 Å². The first-order chi connectivity index (χ1) is 11.6. The van der Waals surface area contributed by atoms with Gasteiger partial charge in [-0.2, -0.15) is 0 Å². The smallest absolute Gasteiger partial charge is 0.257 e. The Morgan fingerprint density at radius 2 is 2.08 bits per heavy atom. The molecule has 1 aromatic heterocycles. The minimum absolute atomic E-state index is 0.154. The molecule has 2 aromatic rings. The van der Waals surface area contributed by atoms with Crippen LogP contribution < -0.4 is 5.32 Å². The SMILES string of the molecule is CCCC[C@@H](CC)CNC(=O)c1c(-c2ccccc2Cl)noc1C. The predicted octanol–water partition coefficient (Wildman–Crippen LogP) is 5.25. The predicted molar refractivity (Wildman–Crippen MR) is 97.3 cm³/mol. The average Bonchev–Trinajstić information content (AvgIpc) is 2.96. The van der Waals surface area contributed by atoms with E-state index >= 15 is 0 Å². The summed E-state index contributed by atoms with van der Waals surface area (Å²) in [5.74, 6) is 0.848. The second-order valence-corrected chi connectivity index (χ2v) is 6.48. The summed E-state index contributed by atoms with van der Waals surface area (Å²) in [5, 5.41) is 7.63. The zero-order valence-electron chi connectivity index (χ0n) is 14.6. The topological polar surface area (TPSA) is 55.1 Å². The molecule has 4 nitrogen and oxygen atoms in total. The van der Waals surface area contributed by atoms with Gasteiger partial charge >= 0.3 is 0 Å². The van der Waals surface area contributed by atoms with Gasteiger partial charge in [-0.15, -0.1) is 0 Å². The average molecular weight is 349 g/mol. The van der Waals surface area contributed by atoms with Crippen molar-refractivity contribution < 1.29 is 9.32 Å². The number of carbonyl (C=O) groups is 1. The molecule has 5 heteroatoms. The monoisotopic (exact) mass is 348 g/mol. The molecule has 24 heavy (non-hydrogen) atoms. The molecule has 0 aliphatic rings. The summed E-state index contributed by atoms with van der Waals surface area (Å²) in [6.07, 6.45) is 4.55. The maximum absolute atomic E-state index is 12.7. The molecule has 1 N–H and O–H groups in total. The summed E-state index contributed by atoms with van der Waals surface area (Å²) < 4.78 is 5.25. The number of unbranched alkanes of at least 4 members (excludes halogenated alkanes) is 1. The van der Waals surface area contributed by atoms with Gasteiger partial charge in [0.05, 0.1) is 5.02 Å². The Labute approximate surface area is 148 Å². The number of rotatable bonds is 8. The molecule has 1 aromatic carbocycles. The third-order valence-electron chi connectivity index (χ3n) is 4.31.